The van der Waals surface area contributed by atoms with Crippen molar-refractivity contribution >= 4 is 35.1 Å². The summed E-state index contributed by atoms with van der Waals surface area (Å²) in [5.74, 6) is 0.456. The molecule has 1 atom stereocenters. The summed E-state index contributed by atoms with van der Waals surface area (Å²) in [4.78, 5) is 16.0. The van der Waals surface area contributed by atoms with Crippen LogP contribution in [0.1, 0.15) is 33.6 Å². The summed E-state index contributed by atoms with van der Waals surface area (Å²) >= 11 is 0. The molecule has 1 amide bonds. The van der Waals surface area contributed by atoms with Gasteiger partial charge in [-0.25, -0.2) is 4.98 Å². The smallest absolute Gasteiger partial charge is 0.240 e. The van der Waals surface area contributed by atoms with Crippen LogP contribution in [0.5, 0.6) is 0 Å². The van der Waals surface area contributed by atoms with Crippen molar-refractivity contribution in [2.24, 2.45) is 5.73 Å². The molecule has 0 saturated heterocycles. The molecule has 110 valence electrons. The Bertz CT molecular complexity index is 614. The van der Waals surface area contributed by atoms with Gasteiger partial charge in [0, 0.05) is 11.1 Å². The van der Waals surface area contributed by atoms with Gasteiger partial charge in [-0.3, -0.25) is 4.79 Å². The lowest BCUT2D eigenvalue weighted by atomic mass is 9.97. The number of oxazole rings is 1. The summed E-state index contributed by atoms with van der Waals surface area (Å²) in [5, 5.41) is 2.74. The van der Waals surface area contributed by atoms with Gasteiger partial charge in [-0.05, 0) is 25.1 Å². The van der Waals surface area contributed by atoms with E-state index in [1.54, 1.807) is 25.1 Å². The average Bonchev–Trinajstić information content (AvgIpc) is 2.71. The first kappa shape index (κ1) is 16.5. The number of benzene rings is 1. The SMILES string of the molecule is CC(N)C(=O)Nc1ccc2oc(C(C)(C)C)nc2c1.Cl. The number of nitrogens with one attached hydrogen (secondary N) is 1. The van der Waals surface area contributed by atoms with E-state index in [2.05, 4.69) is 10.3 Å². The van der Waals surface area contributed by atoms with Gasteiger partial charge in [0.25, 0.3) is 0 Å². The highest BCUT2D eigenvalue weighted by atomic mass is 35.5. The zero-order valence-electron chi connectivity index (χ0n) is 12.1. The van der Waals surface area contributed by atoms with Gasteiger partial charge in [0.05, 0.1) is 6.04 Å². The van der Waals surface area contributed by atoms with Crippen molar-refractivity contribution in [1.82, 2.24) is 4.98 Å². The van der Waals surface area contributed by atoms with Gasteiger partial charge in [0.15, 0.2) is 5.58 Å². The van der Waals surface area contributed by atoms with Crippen LogP contribution in [0.2, 0.25) is 0 Å². The number of fused-ring (bicyclic) bond motifs is 1. The molecule has 1 heterocycles. The third kappa shape index (κ3) is 3.49. The van der Waals surface area contributed by atoms with Gasteiger partial charge in [-0.15, -0.1) is 12.4 Å². The van der Waals surface area contributed by atoms with E-state index in [0.29, 0.717) is 17.2 Å². The Labute approximate surface area is 124 Å². The van der Waals surface area contributed by atoms with Crippen LogP contribution < -0.4 is 11.1 Å². The first-order valence-corrected chi connectivity index (χ1v) is 6.25. The fourth-order valence-electron chi connectivity index (χ4n) is 1.58. The highest BCUT2D eigenvalue weighted by Gasteiger charge is 2.21. The molecule has 1 unspecified atom stereocenters. The maximum atomic E-state index is 11.5. The van der Waals surface area contributed by atoms with Crippen molar-refractivity contribution in [3.8, 4) is 0 Å². The van der Waals surface area contributed by atoms with Crippen LogP contribution in [0.4, 0.5) is 5.69 Å². The Balaban J connectivity index is 0.00000200. The molecule has 2 aromatic rings. The van der Waals surface area contributed by atoms with E-state index >= 15 is 0 Å². The Morgan fingerprint density at radius 2 is 2.05 bits per heavy atom. The number of halogens is 1. The van der Waals surface area contributed by atoms with Gasteiger partial charge in [0.2, 0.25) is 11.8 Å². The summed E-state index contributed by atoms with van der Waals surface area (Å²) in [6.07, 6.45) is 0. The normalized spacial score (nSPS) is 12.8. The van der Waals surface area contributed by atoms with Crippen molar-refractivity contribution < 1.29 is 9.21 Å². The molecule has 0 aliphatic heterocycles. The standard InChI is InChI=1S/C14H19N3O2.ClH/c1-8(15)12(18)16-9-5-6-11-10(7-9)17-13(19-11)14(2,3)4;/h5-8H,15H2,1-4H3,(H,16,18);1H. The van der Waals surface area contributed by atoms with Gasteiger partial charge in [-0.1, -0.05) is 20.8 Å². The Morgan fingerprint density at radius 1 is 1.40 bits per heavy atom. The van der Waals surface area contributed by atoms with Crippen LogP contribution in [0, 0.1) is 0 Å². The number of aromatic nitrogens is 1. The van der Waals surface area contributed by atoms with E-state index < -0.39 is 6.04 Å². The Morgan fingerprint density at radius 3 is 2.60 bits per heavy atom. The summed E-state index contributed by atoms with van der Waals surface area (Å²) in [6.45, 7) is 7.76. The number of amides is 1. The number of carbonyl (C=O) groups excluding carboxylic acids is 1. The second-order valence-electron chi connectivity index (χ2n) is 5.73. The minimum absolute atomic E-state index is 0. The molecular weight excluding hydrogens is 278 g/mol. The van der Waals surface area contributed by atoms with E-state index in [0.717, 1.165) is 5.52 Å². The lowest BCUT2D eigenvalue weighted by molar-refractivity contribution is -0.117. The van der Waals surface area contributed by atoms with Crippen molar-refractivity contribution in [1.29, 1.82) is 0 Å². The molecule has 0 spiro atoms. The molecule has 5 nitrogen and oxygen atoms in total. The Hall–Kier alpha value is -1.59. The summed E-state index contributed by atoms with van der Waals surface area (Å²) < 4.78 is 5.69. The molecule has 0 saturated carbocycles. The second kappa shape index (κ2) is 5.81. The number of hydrogen-bond donors (Lipinski definition) is 2. The van der Waals surface area contributed by atoms with Crippen LogP contribution in [0.3, 0.4) is 0 Å². The summed E-state index contributed by atoms with van der Waals surface area (Å²) in [7, 11) is 0. The molecule has 3 N–H and O–H groups in total. The van der Waals surface area contributed by atoms with E-state index in [-0.39, 0.29) is 23.7 Å². The lowest BCUT2D eigenvalue weighted by Gasteiger charge is -2.11. The topological polar surface area (TPSA) is 81.2 Å². The van der Waals surface area contributed by atoms with E-state index in [1.165, 1.54) is 0 Å². The van der Waals surface area contributed by atoms with Crippen molar-refractivity contribution in [2.75, 3.05) is 5.32 Å². The first-order valence-electron chi connectivity index (χ1n) is 6.25. The molecular formula is C14H20ClN3O2. The van der Waals surface area contributed by atoms with Gasteiger partial charge in [-0.2, -0.15) is 0 Å². The quantitative estimate of drug-likeness (QED) is 0.893. The number of rotatable bonds is 2. The highest BCUT2D eigenvalue weighted by molar-refractivity contribution is 5.95. The average molecular weight is 298 g/mol. The minimum Gasteiger partial charge on any atom is -0.440 e. The van der Waals surface area contributed by atoms with Gasteiger partial charge >= 0.3 is 0 Å². The molecule has 1 aromatic heterocycles. The van der Waals surface area contributed by atoms with Crippen LogP contribution in [-0.4, -0.2) is 16.9 Å². The fraction of sp³-hybridized carbons (Fsp3) is 0.429. The Kier molecular flexibility index (Phi) is 4.78. The van der Waals surface area contributed by atoms with Crippen molar-refractivity contribution in [2.45, 2.75) is 39.2 Å². The van der Waals surface area contributed by atoms with Crippen molar-refractivity contribution in [3.63, 3.8) is 0 Å². The van der Waals surface area contributed by atoms with Gasteiger partial charge < -0.3 is 15.5 Å². The maximum absolute atomic E-state index is 11.5. The second-order valence-corrected chi connectivity index (χ2v) is 5.73. The van der Waals surface area contributed by atoms with Crippen molar-refractivity contribution in [3.05, 3.63) is 24.1 Å². The molecule has 6 heteroatoms. The van der Waals surface area contributed by atoms with Gasteiger partial charge in [0.1, 0.15) is 5.52 Å². The lowest BCUT2D eigenvalue weighted by Crippen LogP contribution is -2.32. The molecule has 0 aliphatic rings. The fourth-order valence-corrected chi connectivity index (χ4v) is 1.58. The molecule has 1 aromatic carbocycles. The van der Waals surface area contributed by atoms with E-state index in [1.807, 2.05) is 20.8 Å². The maximum Gasteiger partial charge on any atom is 0.240 e. The zero-order chi connectivity index (χ0) is 14.2. The zero-order valence-corrected chi connectivity index (χ0v) is 12.9. The highest BCUT2D eigenvalue weighted by Crippen LogP contribution is 2.27. The minimum atomic E-state index is -0.543. The predicted octanol–water partition coefficient (Wildman–Crippen LogP) is 2.83. The van der Waals surface area contributed by atoms with E-state index in [4.69, 9.17) is 10.2 Å². The number of nitrogens with zero attached hydrogens (tertiary/aromatic N) is 1. The molecule has 0 bridgehead atoms. The largest absolute Gasteiger partial charge is 0.440 e. The summed E-state index contributed by atoms with van der Waals surface area (Å²) in [5.41, 5.74) is 7.48. The molecule has 0 radical (unpaired) electrons. The molecule has 0 aliphatic carbocycles. The van der Waals surface area contributed by atoms with E-state index in [9.17, 15) is 4.79 Å². The van der Waals surface area contributed by atoms with Crippen LogP contribution in [-0.2, 0) is 10.2 Å². The molecule has 2 rings (SSSR count). The summed E-state index contributed by atoms with van der Waals surface area (Å²) in [6, 6.07) is 4.82. The molecule has 0 fully saturated rings. The monoisotopic (exact) mass is 297 g/mol. The third-order valence-electron chi connectivity index (χ3n) is 2.71. The third-order valence-corrected chi connectivity index (χ3v) is 2.71. The predicted molar refractivity (Wildman–Crippen MR) is 82.2 cm³/mol. The first-order chi connectivity index (χ1) is 8.77. The van der Waals surface area contributed by atoms with Crippen LogP contribution in [0.25, 0.3) is 11.1 Å². The number of anilines is 1. The molecule has 20 heavy (non-hydrogen) atoms. The van der Waals surface area contributed by atoms with Crippen LogP contribution in [0.15, 0.2) is 22.6 Å². The number of nitrogens with two attached hydrogens (primary N) is 1. The number of hydrogen-bond acceptors (Lipinski definition) is 4. The number of carbonyl (C=O) groups is 1. The van der Waals surface area contributed by atoms with Crippen LogP contribution >= 0.6 is 12.4 Å².